The summed E-state index contributed by atoms with van der Waals surface area (Å²) >= 11 is 0. The second kappa shape index (κ2) is 7.64. The van der Waals surface area contributed by atoms with Crippen molar-refractivity contribution in [2.24, 2.45) is 5.92 Å². The Morgan fingerprint density at radius 1 is 1.21 bits per heavy atom. The van der Waals surface area contributed by atoms with Gasteiger partial charge in [-0.1, -0.05) is 24.3 Å². The second-order valence-corrected chi connectivity index (χ2v) is 6.53. The van der Waals surface area contributed by atoms with Gasteiger partial charge >= 0.3 is 0 Å². The van der Waals surface area contributed by atoms with Crippen LogP contribution in [0.3, 0.4) is 0 Å². The quantitative estimate of drug-likeness (QED) is 0.711. The number of ether oxygens (including phenoxy) is 3. The molecule has 2 aromatic carbocycles. The maximum atomic E-state index is 12.7. The number of anilines is 1. The Morgan fingerprint density at radius 3 is 2.89 bits per heavy atom. The van der Waals surface area contributed by atoms with Crippen molar-refractivity contribution in [1.82, 2.24) is 9.97 Å². The number of carbonyl (C=O) groups excluding carboxylic acids is 1. The number of aromatic amines is 1. The van der Waals surface area contributed by atoms with Crippen molar-refractivity contribution in [3.05, 3.63) is 54.2 Å². The molecule has 2 N–H and O–H groups in total. The smallest absolute Gasteiger partial charge is 0.233 e. The summed E-state index contributed by atoms with van der Waals surface area (Å²) in [5.41, 5.74) is 2.68. The number of benzene rings is 2. The van der Waals surface area contributed by atoms with Crippen LogP contribution in [0.5, 0.6) is 17.2 Å². The van der Waals surface area contributed by atoms with Crippen LogP contribution in [0.2, 0.25) is 0 Å². The molecule has 0 spiro atoms. The fourth-order valence-corrected chi connectivity index (χ4v) is 3.26. The van der Waals surface area contributed by atoms with E-state index in [1.807, 2.05) is 42.5 Å². The molecule has 1 atom stereocenters. The maximum absolute atomic E-state index is 12.7. The SMILES string of the molecule is COc1cccc(-c2cnc(NC(=O)C3COc4c(cccc4OC)C3)[nH]2)c1. The molecule has 1 amide bonds. The molecule has 4 rings (SSSR count). The first-order valence-electron chi connectivity index (χ1n) is 8.97. The summed E-state index contributed by atoms with van der Waals surface area (Å²) in [4.78, 5) is 20.1. The van der Waals surface area contributed by atoms with Gasteiger partial charge in [0.2, 0.25) is 11.9 Å². The zero-order valence-electron chi connectivity index (χ0n) is 15.7. The van der Waals surface area contributed by atoms with Gasteiger partial charge in [-0.2, -0.15) is 0 Å². The van der Waals surface area contributed by atoms with Gasteiger partial charge in [-0.25, -0.2) is 4.98 Å². The van der Waals surface area contributed by atoms with Crippen LogP contribution in [0.1, 0.15) is 5.56 Å². The third-order valence-corrected chi connectivity index (χ3v) is 4.74. The third-order valence-electron chi connectivity index (χ3n) is 4.74. The Bertz CT molecular complexity index is 999. The number of amides is 1. The molecule has 144 valence electrons. The highest BCUT2D eigenvalue weighted by Crippen LogP contribution is 2.36. The highest BCUT2D eigenvalue weighted by atomic mass is 16.5. The van der Waals surface area contributed by atoms with Crippen molar-refractivity contribution in [3.8, 4) is 28.5 Å². The van der Waals surface area contributed by atoms with Gasteiger partial charge in [0.15, 0.2) is 11.5 Å². The number of H-pyrrole nitrogens is 1. The van der Waals surface area contributed by atoms with Gasteiger partial charge in [0.1, 0.15) is 12.4 Å². The summed E-state index contributed by atoms with van der Waals surface area (Å²) in [6.07, 6.45) is 2.27. The Balaban J connectivity index is 1.45. The summed E-state index contributed by atoms with van der Waals surface area (Å²) in [5.74, 6) is 2.12. The average molecular weight is 379 g/mol. The van der Waals surface area contributed by atoms with E-state index < -0.39 is 0 Å². The van der Waals surface area contributed by atoms with Gasteiger partial charge in [0.25, 0.3) is 0 Å². The molecule has 1 aliphatic rings. The number of carbonyl (C=O) groups is 1. The Labute approximate surface area is 162 Å². The van der Waals surface area contributed by atoms with Crippen molar-refractivity contribution < 1.29 is 19.0 Å². The molecule has 0 saturated heterocycles. The van der Waals surface area contributed by atoms with Gasteiger partial charge in [-0.3, -0.25) is 10.1 Å². The molecule has 7 heteroatoms. The lowest BCUT2D eigenvalue weighted by atomic mass is 9.96. The predicted molar refractivity (Wildman–Crippen MR) is 105 cm³/mol. The second-order valence-electron chi connectivity index (χ2n) is 6.53. The van der Waals surface area contributed by atoms with E-state index in [-0.39, 0.29) is 11.8 Å². The van der Waals surface area contributed by atoms with Crippen LogP contribution >= 0.6 is 0 Å². The lowest BCUT2D eigenvalue weighted by Gasteiger charge is -2.25. The topological polar surface area (TPSA) is 85.5 Å². The molecule has 0 saturated carbocycles. The number of rotatable bonds is 5. The minimum absolute atomic E-state index is 0.139. The molecule has 0 fully saturated rings. The first-order chi connectivity index (χ1) is 13.7. The summed E-state index contributed by atoms with van der Waals surface area (Å²) in [6, 6.07) is 13.3. The number of hydrogen-bond acceptors (Lipinski definition) is 5. The van der Waals surface area contributed by atoms with E-state index in [9.17, 15) is 4.79 Å². The molecular weight excluding hydrogens is 358 g/mol. The van der Waals surface area contributed by atoms with Crippen LogP contribution in [-0.2, 0) is 11.2 Å². The van der Waals surface area contributed by atoms with E-state index >= 15 is 0 Å². The van der Waals surface area contributed by atoms with E-state index in [0.717, 1.165) is 22.6 Å². The molecule has 2 heterocycles. The fourth-order valence-electron chi connectivity index (χ4n) is 3.26. The number of hydrogen-bond donors (Lipinski definition) is 2. The monoisotopic (exact) mass is 379 g/mol. The average Bonchev–Trinajstić information content (AvgIpc) is 3.21. The van der Waals surface area contributed by atoms with Crippen LogP contribution in [0.15, 0.2) is 48.7 Å². The normalized spacial score (nSPS) is 15.3. The molecule has 0 bridgehead atoms. The van der Waals surface area contributed by atoms with Gasteiger partial charge < -0.3 is 19.2 Å². The predicted octanol–water partition coefficient (Wildman–Crippen LogP) is 3.28. The van der Waals surface area contributed by atoms with Gasteiger partial charge in [-0.05, 0) is 30.2 Å². The van der Waals surface area contributed by atoms with Crippen molar-refractivity contribution in [2.75, 3.05) is 26.1 Å². The van der Waals surface area contributed by atoms with Crippen LogP contribution in [-0.4, -0.2) is 36.7 Å². The van der Waals surface area contributed by atoms with E-state index in [1.54, 1.807) is 20.4 Å². The molecular formula is C21H21N3O4. The minimum Gasteiger partial charge on any atom is -0.497 e. The first-order valence-corrected chi connectivity index (χ1v) is 8.97. The van der Waals surface area contributed by atoms with E-state index in [2.05, 4.69) is 15.3 Å². The minimum atomic E-state index is -0.301. The molecule has 3 aromatic rings. The van der Waals surface area contributed by atoms with Crippen LogP contribution in [0, 0.1) is 5.92 Å². The number of methoxy groups -OCH3 is 2. The molecule has 1 unspecified atom stereocenters. The van der Waals surface area contributed by atoms with Gasteiger partial charge in [0.05, 0.1) is 32.0 Å². The number of imidazole rings is 1. The van der Waals surface area contributed by atoms with Crippen molar-refractivity contribution in [3.63, 3.8) is 0 Å². The highest BCUT2D eigenvalue weighted by molar-refractivity contribution is 5.91. The Morgan fingerprint density at radius 2 is 2.07 bits per heavy atom. The molecule has 1 aromatic heterocycles. The summed E-state index contributed by atoms with van der Waals surface area (Å²) in [6.45, 7) is 0.294. The van der Waals surface area contributed by atoms with Crippen molar-refractivity contribution in [2.45, 2.75) is 6.42 Å². The highest BCUT2D eigenvalue weighted by Gasteiger charge is 2.28. The largest absolute Gasteiger partial charge is 0.497 e. The van der Waals surface area contributed by atoms with Crippen molar-refractivity contribution in [1.29, 1.82) is 0 Å². The summed E-state index contributed by atoms with van der Waals surface area (Å²) < 4.78 is 16.3. The summed E-state index contributed by atoms with van der Waals surface area (Å²) in [5, 5.41) is 2.84. The number of para-hydroxylation sites is 1. The lowest BCUT2D eigenvalue weighted by Crippen LogP contribution is -2.33. The van der Waals surface area contributed by atoms with Crippen LogP contribution in [0.25, 0.3) is 11.3 Å². The van der Waals surface area contributed by atoms with E-state index in [0.29, 0.717) is 30.5 Å². The summed E-state index contributed by atoms with van der Waals surface area (Å²) in [7, 11) is 3.23. The standard InChI is InChI=1S/C21H21N3O4/c1-26-16-7-3-5-13(10-16)17-11-22-21(23-17)24-20(25)15-9-14-6-4-8-18(27-2)19(14)28-12-15/h3-8,10-11,15H,9,12H2,1-2H3,(H2,22,23,24,25). The van der Waals surface area contributed by atoms with Gasteiger partial charge in [-0.15, -0.1) is 0 Å². The third kappa shape index (κ3) is 3.51. The molecule has 0 aliphatic carbocycles. The van der Waals surface area contributed by atoms with Crippen molar-refractivity contribution >= 4 is 11.9 Å². The van der Waals surface area contributed by atoms with Crippen LogP contribution in [0.4, 0.5) is 5.95 Å². The zero-order valence-corrected chi connectivity index (χ0v) is 15.7. The van der Waals surface area contributed by atoms with Crippen LogP contribution < -0.4 is 19.5 Å². The Hall–Kier alpha value is -3.48. The number of nitrogens with one attached hydrogen (secondary N) is 2. The molecule has 0 radical (unpaired) electrons. The van der Waals surface area contributed by atoms with Gasteiger partial charge in [0, 0.05) is 5.56 Å². The number of fused-ring (bicyclic) bond motifs is 1. The molecule has 28 heavy (non-hydrogen) atoms. The van der Waals surface area contributed by atoms with E-state index in [4.69, 9.17) is 14.2 Å². The Kier molecular flexibility index (Phi) is 4.89. The lowest BCUT2D eigenvalue weighted by molar-refractivity contribution is -0.121. The fraction of sp³-hybridized carbons (Fsp3) is 0.238. The number of nitrogens with zero attached hydrogens (tertiary/aromatic N) is 1. The van der Waals surface area contributed by atoms with E-state index in [1.165, 1.54) is 0 Å². The molecule has 7 nitrogen and oxygen atoms in total. The maximum Gasteiger partial charge on any atom is 0.233 e. The number of aromatic nitrogens is 2. The first kappa shape index (κ1) is 17.9. The molecule has 1 aliphatic heterocycles. The zero-order chi connectivity index (χ0) is 19.5.